The summed E-state index contributed by atoms with van der Waals surface area (Å²) in [5, 5.41) is 0. The number of hydrogen-bond acceptors (Lipinski definition) is 4. The van der Waals surface area contributed by atoms with Crippen molar-refractivity contribution < 1.29 is 19.0 Å². The van der Waals surface area contributed by atoms with Gasteiger partial charge in [0.1, 0.15) is 13.2 Å². The molecule has 0 aliphatic carbocycles. The summed E-state index contributed by atoms with van der Waals surface area (Å²) in [6, 6.07) is 0. The molecule has 0 aromatic heterocycles. The largest absolute Gasteiger partial charge is 0.508 e. The lowest BCUT2D eigenvalue weighted by atomic mass is 9.93. The Balaban J connectivity index is 2.22. The number of unbranched alkanes of at least 4 members (excludes halogenated alkanes) is 1. The van der Waals surface area contributed by atoms with Crippen LogP contribution in [0.1, 0.15) is 40.0 Å². The molecule has 1 fully saturated rings. The summed E-state index contributed by atoms with van der Waals surface area (Å²) in [7, 11) is 0. The first-order chi connectivity index (χ1) is 7.56. The Kier molecular flexibility index (Phi) is 5.06. The maximum absolute atomic E-state index is 10.7. The van der Waals surface area contributed by atoms with E-state index >= 15 is 0 Å². The zero-order chi connectivity index (χ0) is 12.0. The van der Waals surface area contributed by atoms with Gasteiger partial charge in [-0.25, -0.2) is 4.79 Å². The van der Waals surface area contributed by atoms with Crippen molar-refractivity contribution in [2.75, 3.05) is 19.8 Å². The first-order valence-electron chi connectivity index (χ1n) is 5.97. The van der Waals surface area contributed by atoms with Crippen LogP contribution in [0.25, 0.3) is 0 Å². The third kappa shape index (κ3) is 4.39. The van der Waals surface area contributed by atoms with Crippen molar-refractivity contribution in [2.45, 2.75) is 46.1 Å². The molecule has 0 N–H and O–H groups in total. The Hall–Kier alpha value is -0.770. The van der Waals surface area contributed by atoms with Gasteiger partial charge in [0.2, 0.25) is 0 Å². The van der Waals surface area contributed by atoms with Gasteiger partial charge in [-0.1, -0.05) is 26.7 Å². The number of rotatable bonds is 6. The molecule has 16 heavy (non-hydrogen) atoms. The van der Waals surface area contributed by atoms with Gasteiger partial charge in [0, 0.05) is 0 Å². The number of cyclic esters (lactones) is 2. The van der Waals surface area contributed by atoms with Crippen LogP contribution in [0.5, 0.6) is 0 Å². The highest BCUT2D eigenvalue weighted by molar-refractivity contribution is 5.60. The van der Waals surface area contributed by atoms with E-state index in [1.807, 2.05) is 6.92 Å². The van der Waals surface area contributed by atoms with Gasteiger partial charge in [-0.2, -0.15) is 0 Å². The van der Waals surface area contributed by atoms with Gasteiger partial charge in [-0.15, -0.1) is 0 Å². The summed E-state index contributed by atoms with van der Waals surface area (Å²) in [5.41, 5.74) is -0.200. The summed E-state index contributed by atoms with van der Waals surface area (Å²) in [5.74, 6) is 0. The highest BCUT2D eigenvalue weighted by Crippen LogP contribution is 2.23. The van der Waals surface area contributed by atoms with Crippen LogP contribution in [0, 0.1) is 5.41 Å². The van der Waals surface area contributed by atoms with Crippen molar-refractivity contribution in [1.29, 1.82) is 0 Å². The van der Waals surface area contributed by atoms with Crippen LogP contribution in [0.3, 0.4) is 0 Å². The van der Waals surface area contributed by atoms with Crippen LogP contribution in [-0.2, 0) is 14.2 Å². The van der Waals surface area contributed by atoms with E-state index in [1.54, 1.807) is 0 Å². The standard InChI is InChI=1S/C12H22O4/c1-4-5-6-10(2)14-7-12(3)8-15-11(13)16-9-12/h10H,4-9H2,1-3H3. The fourth-order valence-electron chi connectivity index (χ4n) is 1.55. The molecule has 1 rings (SSSR count). The van der Waals surface area contributed by atoms with Crippen molar-refractivity contribution in [1.82, 2.24) is 0 Å². The smallest absolute Gasteiger partial charge is 0.433 e. The van der Waals surface area contributed by atoms with Crippen LogP contribution in [0.4, 0.5) is 4.79 Å². The fraction of sp³-hybridized carbons (Fsp3) is 0.917. The van der Waals surface area contributed by atoms with Gasteiger partial charge in [0.25, 0.3) is 0 Å². The van der Waals surface area contributed by atoms with Gasteiger partial charge in [-0.05, 0) is 13.3 Å². The number of hydrogen-bond donors (Lipinski definition) is 0. The first kappa shape index (κ1) is 13.3. The molecule has 0 bridgehead atoms. The summed E-state index contributed by atoms with van der Waals surface area (Å²) < 4.78 is 15.5. The quantitative estimate of drug-likeness (QED) is 0.658. The molecule has 1 aliphatic heterocycles. The van der Waals surface area contributed by atoms with Crippen LogP contribution >= 0.6 is 0 Å². The average Bonchev–Trinajstić information content (AvgIpc) is 2.28. The maximum atomic E-state index is 10.7. The summed E-state index contributed by atoms with van der Waals surface area (Å²) in [6.07, 6.45) is 3.13. The van der Waals surface area contributed by atoms with Crippen molar-refractivity contribution in [3.8, 4) is 0 Å². The van der Waals surface area contributed by atoms with Crippen LogP contribution < -0.4 is 0 Å². The van der Waals surface area contributed by atoms with E-state index < -0.39 is 6.16 Å². The van der Waals surface area contributed by atoms with Crippen LogP contribution in [0.2, 0.25) is 0 Å². The fourth-order valence-corrected chi connectivity index (χ4v) is 1.55. The lowest BCUT2D eigenvalue weighted by Crippen LogP contribution is -2.41. The Bertz CT molecular complexity index is 217. The lowest BCUT2D eigenvalue weighted by Gasteiger charge is -2.32. The van der Waals surface area contributed by atoms with Crippen molar-refractivity contribution in [3.63, 3.8) is 0 Å². The Labute approximate surface area is 97.2 Å². The minimum atomic E-state index is -0.573. The molecule has 1 unspecified atom stereocenters. The predicted molar refractivity (Wildman–Crippen MR) is 60.3 cm³/mol. The van der Waals surface area contributed by atoms with E-state index in [-0.39, 0.29) is 11.5 Å². The van der Waals surface area contributed by atoms with Gasteiger partial charge in [0.05, 0.1) is 18.1 Å². The highest BCUT2D eigenvalue weighted by Gasteiger charge is 2.33. The molecule has 1 aliphatic rings. The topological polar surface area (TPSA) is 44.8 Å². The molecule has 4 nitrogen and oxygen atoms in total. The summed E-state index contributed by atoms with van der Waals surface area (Å²) >= 11 is 0. The molecular weight excluding hydrogens is 208 g/mol. The maximum Gasteiger partial charge on any atom is 0.508 e. The SMILES string of the molecule is CCCCC(C)OCC1(C)COC(=O)OC1. The Morgan fingerprint density at radius 3 is 2.62 bits per heavy atom. The molecule has 0 aromatic carbocycles. The minimum absolute atomic E-state index is 0.200. The monoisotopic (exact) mass is 230 g/mol. The molecule has 0 amide bonds. The number of carbonyl (C=O) groups excluding carboxylic acids is 1. The molecule has 4 heteroatoms. The van der Waals surface area contributed by atoms with E-state index in [4.69, 9.17) is 14.2 Å². The van der Waals surface area contributed by atoms with Gasteiger partial charge in [-0.3, -0.25) is 0 Å². The molecule has 94 valence electrons. The van der Waals surface area contributed by atoms with E-state index in [1.165, 1.54) is 12.8 Å². The van der Waals surface area contributed by atoms with E-state index in [9.17, 15) is 4.79 Å². The third-order valence-electron chi connectivity index (χ3n) is 2.76. The van der Waals surface area contributed by atoms with Gasteiger partial charge >= 0.3 is 6.16 Å². The number of ether oxygens (including phenoxy) is 3. The second-order valence-corrected chi connectivity index (χ2v) is 4.90. The molecule has 1 atom stereocenters. The second-order valence-electron chi connectivity index (χ2n) is 4.90. The summed E-state index contributed by atoms with van der Waals surface area (Å²) in [6.45, 7) is 7.59. The third-order valence-corrected chi connectivity index (χ3v) is 2.76. The van der Waals surface area contributed by atoms with E-state index in [0.29, 0.717) is 19.8 Å². The summed E-state index contributed by atoms with van der Waals surface area (Å²) in [4.78, 5) is 10.7. The van der Waals surface area contributed by atoms with Gasteiger partial charge < -0.3 is 14.2 Å². The zero-order valence-electron chi connectivity index (χ0n) is 10.5. The molecule has 0 radical (unpaired) electrons. The van der Waals surface area contributed by atoms with Crippen molar-refractivity contribution in [2.24, 2.45) is 5.41 Å². The van der Waals surface area contributed by atoms with E-state index in [2.05, 4.69) is 13.8 Å². The number of carbonyl (C=O) groups is 1. The van der Waals surface area contributed by atoms with Crippen LogP contribution in [-0.4, -0.2) is 32.1 Å². The molecular formula is C12H22O4. The van der Waals surface area contributed by atoms with Crippen LogP contribution in [0.15, 0.2) is 0 Å². The van der Waals surface area contributed by atoms with Crippen molar-refractivity contribution >= 4 is 6.16 Å². The second kappa shape index (κ2) is 6.09. The molecule has 1 heterocycles. The molecule has 0 spiro atoms. The lowest BCUT2D eigenvalue weighted by molar-refractivity contribution is -0.0970. The molecule has 0 aromatic rings. The normalized spacial score (nSPS) is 21.1. The Morgan fingerprint density at radius 1 is 1.44 bits per heavy atom. The van der Waals surface area contributed by atoms with E-state index in [0.717, 1.165) is 6.42 Å². The average molecular weight is 230 g/mol. The molecule has 1 saturated heterocycles. The zero-order valence-corrected chi connectivity index (χ0v) is 10.5. The minimum Gasteiger partial charge on any atom is -0.433 e. The highest BCUT2D eigenvalue weighted by atomic mass is 16.7. The van der Waals surface area contributed by atoms with Gasteiger partial charge in [0.15, 0.2) is 0 Å². The molecule has 0 saturated carbocycles. The predicted octanol–water partition coefficient (Wildman–Crippen LogP) is 2.75. The Morgan fingerprint density at radius 2 is 2.06 bits per heavy atom. The van der Waals surface area contributed by atoms with Crippen molar-refractivity contribution in [3.05, 3.63) is 0 Å². The first-order valence-corrected chi connectivity index (χ1v) is 5.97.